The summed E-state index contributed by atoms with van der Waals surface area (Å²) in [5, 5.41) is 0.970. The molecule has 0 amide bonds. The summed E-state index contributed by atoms with van der Waals surface area (Å²) in [5.74, 6) is 1.06. The lowest BCUT2D eigenvalue weighted by molar-refractivity contribution is 0.263. The van der Waals surface area contributed by atoms with Crippen LogP contribution in [0.2, 0.25) is 0 Å². The Bertz CT molecular complexity index is 512. The summed E-state index contributed by atoms with van der Waals surface area (Å²) in [5.41, 5.74) is 0. The molecule has 3 nitrogen and oxygen atoms in total. The first kappa shape index (κ1) is 15.5. The molecule has 0 aliphatic heterocycles. The zero-order valence-electron chi connectivity index (χ0n) is 11.1. The number of nitrogens with one attached hydrogen (secondary N) is 1. The van der Waals surface area contributed by atoms with Gasteiger partial charge in [-0.05, 0) is 43.7 Å². The van der Waals surface area contributed by atoms with Gasteiger partial charge in [0.05, 0.1) is 0 Å². The first-order chi connectivity index (χ1) is 9.03. The van der Waals surface area contributed by atoms with E-state index in [-0.39, 0.29) is 0 Å². The fourth-order valence-corrected chi connectivity index (χ4v) is 5.88. The summed E-state index contributed by atoms with van der Waals surface area (Å²) >= 11 is 4.87. The van der Waals surface area contributed by atoms with Crippen LogP contribution in [0.15, 0.2) is 16.3 Å². The highest BCUT2D eigenvalue weighted by atomic mass is 79.9. The first-order valence-corrected chi connectivity index (χ1v) is 10.1. The van der Waals surface area contributed by atoms with Crippen molar-refractivity contribution >= 4 is 37.3 Å². The normalized spacial score (nSPS) is 24.5. The van der Waals surface area contributed by atoms with Crippen LogP contribution in [0.25, 0.3) is 0 Å². The highest BCUT2D eigenvalue weighted by Crippen LogP contribution is 2.31. The Labute approximate surface area is 128 Å². The predicted molar refractivity (Wildman–Crippen MR) is 83.5 cm³/mol. The number of hydrogen-bond acceptors (Lipinski definition) is 3. The second-order valence-electron chi connectivity index (χ2n) is 5.18. The van der Waals surface area contributed by atoms with Gasteiger partial charge in [-0.2, -0.15) is 0 Å². The third-order valence-electron chi connectivity index (χ3n) is 3.78. The molecular formula is C13H20BrNO2S2. The van der Waals surface area contributed by atoms with Gasteiger partial charge in [-0.15, -0.1) is 11.3 Å². The molecule has 1 aromatic heterocycles. The van der Waals surface area contributed by atoms with E-state index in [9.17, 15) is 8.42 Å². The van der Waals surface area contributed by atoms with Crippen molar-refractivity contribution in [1.29, 1.82) is 0 Å². The minimum Gasteiger partial charge on any atom is -0.210 e. The maximum atomic E-state index is 12.2. The number of thiophene rings is 1. The number of hydrogen-bond donors (Lipinski definition) is 1. The van der Waals surface area contributed by atoms with Crippen LogP contribution >= 0.6 is 27.3 Å². The van der Waals surface area contributed by atoms with Crippen molar-refractivity contribution in [2.45, 2.75) is 36.8 Å². The van der Waals surface area contributed by atoms with E-state index in [2.05, 4.69) is 20.7 Å². The van der Waals surface area contributed by atoms with Crippen molar-refractivity contribution in [2.75, 3.05) is 11.9 Å². The fourth-order valence-electron chi connectivity index (χ4n) is 2.60. The van der Waals surface area contributed by atoms with E-state index in [0.29, 0.717) is 22.6 Å². The van der Waals surface area contributed by atoms with Crippen molar-refractivity contribution in [3.63, 3.8) is 0 Å². The lowest BCUT2D eigenvalue weighted by Gasteiger charge is -2.30. The van der Waals surface area contributed by atoms with E-state index in [1.165, 1.54) is 30.6 Å². The molecule has 19 heavy (non-hydrogen) atoms. The van der Waals surface area contributed by atoms with E-state index >= 15 is 0 Å². The van der Waals surface area contributed by atoms with Crippen molar-refractivity contribution < 1.29 is 8.42 Å². The number of halogens is 1. The molecule has 2 unspecified atom stereocenters. The molecule has 2 rings (SSSR count). The molecule has 1 saturated carbocycles. The molecule has 0 saturated heterocycles. The van der Waals surface area contributed by atoms with Gasteiger partial charge in [0.25, 0.3) is 0 Å². The Balaban J connectivity index is 1.97. The van der Waals surface area contributed by atoms with Crippen LogP contribution in [0.5, 0.6) is 0 Å². The molecule has 6 heteroatoms. The maximum Gasteiger partial charge on any atom is 0.250 e. The van der Waals surface area contributed by atoms with Crippen molar-refractivity contribution in [3.05, 3.63) is 17.0 Å². The number of rotatable bonds is 5. The smallest absolute Gasteiger partial charge is 0.210 e. The van der Waals surface area contributed by atoms with Gasteiger partial charge in [-0.1, -0.05) is 28.8 Å². The van der Waals surface area contributed by atoms with Crippen LogP contribution in [-0.2, 0) is 10.0 Å². The largest absolute Gasteiger partial charge is 0.250 e. The average Bonchev–Trinajstić information content (AvgIpc) is 2.84. The average molecular weight is 366 g/mol. The molecule has 1 N–H and O–H groups in total. The van der Waals surface area contributed by atoms with E-state index in [1.807, 2.05) is 13.0 Å². The molecule has 1 aliphatic rings. The summed E-state index contributed by atoms with van der Waals surface area (Å²) in [4.78, 5) is 1.02. The second-order valence-corrected chi connectivity index (χ2v) is 9.11. The minimum absolute atomic E-state index is 0.427. The first-order valence-electron chi connectivity index (χ1n) is 6.65. The Hall–Kier alpha value is 0.0900. The molecule has 0 radical (unpaired) electrons. The molecule has 1 aliphatic carbocycles. The summed E-state index contributed by atoms with van der Waals surface area (Å²) in [6.45, 7) is 2.49. The summed E-state index contributed by atoms with van der Waals surface area (Å²) < 4.78 is 27.6. The zero-order chi connectivity index (χ0) is 13.9. The standard InChI is InChI=1S/C13H20BrNO2S2/c1-10-6-7-13(18-10)19(16,17)15-9-12-5-3-2-4-11(12)8-14/h6-7,11-12,15H,2-5,8-9H2,1H3. The highest BCUT2D eigenvalue weighted by Gasteiger charge is 2.26. The molecule has 2 atom stereocenters. The molecule has 1 aromatic rings. The SMILES string of the molecule is Cc1ccc(S(=O)(=O)NCC2CCCCC2CBr)s1. The lowest BCUT2D eigenvalue weighted by atomic mass is 9.80. The quantitative estimate of drug-likeness (QED) is 0.811. The molecule has 0 aromatic carbocycles. The van der Waals surface area contributed by atoms with Gasteiger partial charge < -0.3 is 0 Å². The number of alkyl halides is 1. The maximum absolute atomic E-state index is 12.2. The summed E-state index contributed by atoms with van der Waals surface area (Å²) in [6.07, 6.45) is 4.82. The monoisotopic (exact) mass is 365 g/mol. The molecule has 1 fully saturated rings. The Morgan fingerprint density at radius 1 is 1.32 bits per heavy atom. The highest BCUT2D eigenvalue weighted by molar-refractivity contribution is 9.09. The third kappa shape index (κ3) is 4.03. The minimum atomic E-state index is -3.32. The van der Waals surface area contributed by atoms with Gasteiger partial charge in [0.1, 0.15) is 4.21 Å². The Morgan fingerprint density at radius 2 is 2.00 bits per heavy atom. The fraction of sp³-hybridized carbons (Fsp3) is 0.692. The van der Waals surface area contributed by atoms with Gasteiger partial charge in [-0.3, -0.25) is 0 Å². The van der Waals surface area contributed by atoms with Gasteiger partial charge >= 0.3 is 0 Å². The van der Waals surface area contributed by atoms with Crippen LogP contribution in [0, 0.1) is 18.8 Å². The van der Waals surface area contributed by atoms with Gasteiger partial charge in [-0.25, -0.2) is 13.1 Å². The van der Waals surface area contributed by atoms with E-state index in [1.54, 1.807) is 6.07 Å². The third-order valence-corrected chi connectivity index (χ3v) is 7.53. The van der Waals surface area contributed by atoms with Crippen LogP contribution in [0.3, 0.4) is 0 Å². The summed E-state index contributed by atoms with van der Waals surface area (Å²) in [7, 11) is -3.32. The number of aryl methyl sites for hydroxylation is 1. The van der Waals surface area contributed by atoms with Gasteiger partial charge in [0.15, 0.2) is 0 Å². The van der Waals surface area contributed by atoms with E-state index < -0.39 is 10.0 Å². The zero-order valence-corrected chi connectivity index (χ0v) is 14.3. The van der Waals surface area contributed by atoms with Crippen molar-refractivity contribution in [2.24, 2.45) is 11.8 Å². The van der Waals surface area contributed by atoms with E-state index in [4.69, 9.17) is 0 Å². The lowest BCUT2D eigenvalue weighted by Crippen LogP contribution is -2.34. The van der Waals surface area contributed by atoms with Crippen LogP contribution < -0.4 is 4.72 Å². The second kappa shape index (κ2) is 6.70. The molecule has 0 spiro atoms. The molecule has 0 bridgehead atoms. The van der Waals surface area contributed by atoms with Gasteiger partial charge in [0.2, 0.25) is 10.0 Å². The van der Waals surface area contributed by atoms with Crippen LogP contribution in [-0.4, -0.2) is 20.3 Å². The molecular weight excluding hydrogens is 346 g/mol. The molecule has 108 valence electrons. The van der Waals surface area contributed by atoms with Crippen molar-refractivity contribution in [1.82, 2.24) is 4.72 Å². The Morgan fingerprint density at radius 3 is 2.58 bits per heavy atom. The van der Waals surface area contributed by atoms with Crippen molar-refractivity contribution in [3.8, 4) is 0 Å². The van der Waals surface area contributed by atoms with Gasteiger partial charge in [0, 0.05) is 16.8 Å². The van der Waals surface area contributed by atoms with Crippen LogP contribution in [0.4, 0.5) is 0 Å². The number of sulfonamides is 1. The molecule has 1 heterocycles. The van der Waals surface area contributed by atoms with Crippen LogP contribution in [0.1, 0.15) is 30.6 Å². The Kier molecular flexibility index (Phi) is 5.45. The predicted octanol–water partition coefficient (Wildman–Crippen LogP) is 3.54. The topological polar surface area (TPSA) is 46.2 Å². The van der Waals surface area contributed by atoms with E-state index in [0.717, 1.165) is 16.6 Å². The summed E-state index contributed by atoms with van der Waals surface area (Å²) in [6, 6.07) is 3.53.